The van der Waals surface area contributed by atoms with Gasteiger partial charge in [-0.05, 0) is 57.4 Å². The van der Waals surface area contributed by atoms with Crippen LogP contribution in [0.5, 0.6) is 0 Å². The molecule has 0 atom stereocenters. The van der Waals surface area contributed by atoms with Gasteiger partial charge in [0, 0.05) is 17.6 Å². The molecule has 0 saturated heterocycles. The van der Waals surface area contributed by atoms with Crippen LogP contribution in [0.15, 0.2) is 24.3 Å². The van der Waals surface area contributed by atoms with Gasteiger partial charge in [0.05, 0.1) is 11.7 Å². The first kappa shape index (κ1) is 15.5. The molecular weight excluding hydrogens is 268 g/mol. The van der Waals surface area contributed by atoms with Crippen LogP contribution < -0.4 is 11.1 Å². The fourth-order valence-corrected chi connectivity index (χ4v) is 2.30. The van der Waals surface area contributed by atoms with E-state index >= 15 is 0 Å². The van der Waals surface area contributed by atoms with Crippen molar-refractivity contribution in [2.75, 3.05) is 5.32 Å². The first-order valence-corrected chi connectivity index (χ1v) is 7.28. The Morgan fingerprint density at radius 1 is 1.29 bits per heavy atom. The lowest BCUT2D eigenvalue weighted by molar-refractivity contribution is -0.118. The summed E-state index contributed by atoms with van der Waals surface area (Å²) in [6.07, 6.45) is 3.08. The maximum atomic E-state index is 11.9. The lowest BCUT2D eigenvalue weighted by atomic mass is 9.75. The maximum absolute atomic E-state index is 11.9. The summed E-state index contributed by atoms with van der Waals surface area (Å²) in [5.74, 6) is -0.451. The predicted octanol–water partition coefficient (Wildman–Crippen LogP) is 2.46. The fourth-order valence-electron chi connectivity index (χ4n) is 2.30. The molecule has 0 radical (unpaired) electrons. The van der Waals surface area contributed by atoms with Crippen molar-refractivity contribution in [1.82, 2.24) is 0 Å². The minimum absolute atomic E-state index is 0.0882. The maximum Gasteiger partial charge on any atom is 0.338 e. The van der Waals surface area contributed by atoms with Gasteiger partial charge in [0.15, 0.2) is 0 Å². The molecule has 5 heteroatoms. The Hall–Kier alpha value is -1.88. The van der Waals surface area contributed by atoms with E-state index in [1.807, 2.05) is 0 Å². The number of ether oxygens (including phenoxy) is 1. The molecule has 114 valence electrons. The molecule has 1 aromatic carbocycles. The predicted molar refractivity (Wildman–Crippen MR) is 81.0 cm³/mol. The monoisotopic (exact) mass is 290 g/mol. The van der Waals surface area contributed by atoms with Crippen molar-refractivity contribution in [2.45, 2.75) is 51.2 Å². The molecule has 3 N–H and O–H groups in total. The minimum Gasteiger partial charge on any atom is -0.459 e. The summed E-state index contributed by atoms with van der Waals surface area (Å²) in [4.78, 5) is 23.6. The molecule has 2 rings (SSSR count). The van der Waals surface area contributed by atoms with E-state index in [0.717, 1.165) is 19.3 Å². The van der Waals surface area contributed by atoms with E-state index in [1.54, 1.807) is 38.1 Å². The first-order chi connectivity index (χ1) is 9.88. The third kappa shape index (κ3) is 4.29. The summed E-state index contributed by atoms with van der Waals surface area (Å²) >= 11 is 0. The minimum atomic E-state index is -0.363. The van der Waals surface area contributed by atoms with E-state index < -0.39 is 0 Å². The number of anilines is 1. The molecule has 0 aromatic heterocycles. The van der Waals surface area contributed by atoms with Crippen molar-refractivity contribution in [1.29, 1.82) is 0 Å². The number of amides is 1. The van der Waals surface area contributed by atoms with Crippen LogP contribution in [0.25, 0.3) is 0 Å². The number of carbonyl (C=O) groups excluding carboxylic acids is 2. The molecule has 1 amide bonds. The average molecular weight is 290 g/mol. The van der Waals surface area contributed by atoms with E-state index in [0.29, 0.717) is 17.7 Å². The van der Waals surface area contributed by atoms with Crippen LogP contribution in [0.4, 0.5) is 5.69 Å². The van der Waals surface area contributed by atoms with Gasteiger partial charge in [-0.3, -0.25) is 4.79 Å². The summed E-state index contributed by atoms with van der Waals surface area (Å²) in [7, 11) is 0. The molecular formula is C16H22N2O3. The molecule has 0 spiro atoms. The van der Waals surface area contributed by atoms with Gasteiger partial charge in [-0.2, -0.15) is 0 Å². The molecule has 0 heterocycles. The normalized spacial score (nSPS) is 16.2. The van der Waals surface area contributed by atoms with Crippen molar-refractivity contribution in [3.05, 3.63) is 29.8 Å². The highest BCUT2D eigenvalue weighted by Crippen LogP contribution is 2.32. The highest BCUT2D eigenvalue weighted by atomic mass is 16.5. The summed E-state index contributed by atoms with van der Waals surface area (Å²) in [5.41, 5.74) is 6.84. The Morgan fingerprint density at radius 2 is 1.90 bits per heavy atom. The summed E-state index contributed by atoms with van der Waals surface area (Å²) in [6.45, 7) is 3.60. The number of rotatable bonds is 5. The highest BCUT2D eigenvalue weighted by molar-refractivity contribution is 5.93. The van der Waals surface area contributed by atoms with Gasteiger partial charge in [-0.25, -0.2) is 4.79 Å². The topological polar surface area (TPSA) is 81.4 Å². The van der Waals surface area contributed by atoms with Crippen molar-refractivity contribution in [3.8, 4) is 0 Å². The van der Waals surface area contributed by atoms with Crippen LogP contribution >= 0.6 is 0 Å². The van der Waals surface area contributed by atoms with Gasteiger partial charge < -0.3 is 15.8 Å². The zero-order valence-corrected chi connectivity index (χ0v) is 12.5. The SMILES string of the molecule is CC(C)OC(=O)c1ccc(NC(=O)CC2(N)CCC2)cc1. The Morgan fingerprint density at radius 3 is 2.38 bits per heavy atom. The summed E-state index contributed by atoms with van der Waals surface area (Å²) in [5, 5.41) is 2.80. The Labute approximate surface area is 124 Å². The van der Waals surface area contributed by atoms with Crippen molar-refractivity contribution in [2.24, 2.45) is 5.73 Å². The molecule has 1 fully saturated rings. The zero-order chi connectivity index (χ0) is 15.5. The van der Waals surface area contributed by atoms with E-state index in [-0.39, 0.29) is 23.5 Å². The molecule has 1 aliphatic carbocycles. The van der Waals surface area contributed by atoms with Gasteiger partial charge in [-0.1, -0.05) is 0 Å². The Balaban J connectivity index is 1.90. The second kappa shape index (κ2) is 6.26. The molecule has 1 saturated carbocycles. The first-order valence-electron chi connectivity index (χ1n) is 7.28. The number of benzene rings is 1. The smallest absolute Gasteiger partial charge is 0.338 e. The molecule has 0 aliphatic heterocycles. The number of hydrogen-bond acceptors (Lipinski definition) is 4. The third-order valence-corrected chi connectivity index (χ3v) is 3.61. The largest absolute Gasteiger partial charge is 0.459 e. The van der Waals surface area contributed by atoms with E-state index in [4.69, 9.17) is 10.5 Å². The quantitative estimate of drug-likeness (QED) is 0.816. The van der Waals surface area contributed by atoms with Gasteiger partial charge in [0.2, 0.25) is 5.91 Å². The van der Waals surface area contributed by atoms with E-state index in [2.05, 4.69) is 5.32 Å². The number of carbonyl (C=O) groups is 2. The van der Waals surface area contributed by atoms with Crippen molar-refractivity contribution in [3.63, 3.8) is 0 Å². The molecule has 0 unspecified atom stereocenters. The lowest BCUT2D eigenvalue weighted by Crippen LogP contribution is -2.48. The third-order valence-electron chi connectivity index (χ3n) is 3.61. The van der Waals surface area contributed by atoms with E-state index in [9.17, 15) is 9.59 Å². The Bertz CT molecular complexity index is 519. The van der Waals surface area contributed by atoms with Gasteiger partial charge in [0.1, 0.15) is 0 Å². The molecule has 21 heavy (non-hydrogen) atoms. The lowest BCUT2D eigenvalue weighted by Gasteiger charge is -2.37. The van der Waals surface area contributed by atoms with Crippen LogP contribution in [0, 0.1) is 0 Å². The number of nitrogens with one attached hydrogen (secondary N) is 1. The number of hydrogen-bond donors (Lipinski definition) is 2. The van der Waals surface area contributed by atoms with Crippen LogP contribution in [0.2, 0.25) is 0 Å². The second-order valence-corrected chi connectivity index (χ2v) is 5.97. The Kier molecular flexibility index (Phi) is 4.63. The van der Waals surface area contributed by atoms with Crippen molar-refractivity contribution >= 4 is 17.6 Å². The molecule has 5 nitrogen and oxygen atoms in total. The number of nitrogens with two attached hydrogens (primary N) is 1. The zero-order valence-electron chi connectivity index (χ0n) is 12.5. The molecule has 1 aromatic rings. The van der Waals surface area contributed by atoms with Crippen LogP contribution in [0.1, 0.15) is 49.9 Å². The van der Waals surface area contributed by atoms with Gasteiger partial charge in [0.25, 0.3) is 0 Å². The molecule has 0 bridgehead atoms. The number of esters is 1. The average Bonchev–Trinajstić information content (AvgIpc) is 2.36. The van der Waals surface area contributed by atoms with Crippen LogP contribution in [-0.4, -0.2) is 23.5 Å². The van der Waals surface area contributed by atoms with Gasteiger partial charge >= 0.3 is 5.97 Å². The standard InChI is InChI=1S/C16H22N2O3/c1-11(2)21-15(20)12-4-6-13(7-5-12)18-14(19)10-16(17)8-3-9-16/h4-7,11H,3,8-10,17H2,1-2H3,(H,18,19). The van der Waals surface area contributed by atoms with E-state index in [1.165, 1.54) is 0 Å². The fraction of sp³-hybridized carbons (Fsp3) is 0.500. The highest BCUT2D eigenvalue weighted by Gasteiger charge is 2.34. The van der Waals surface area contributed by atoms with Gasteiger partial charge in [-0.15, -0.1) is 0 Å². The summed E-state index contributed by atoms with van der Waals surface area (Å²) < 4.78 is 5.10. The van der Waals surface area contributed by atoms with Crippen LogP contribution in [0.3, 0.4) is 0 Å². The second-order valence-electron chi connectivity index (χ2n) is 5.97. The van der Waals surface area contributed by atoms with Crippen LogP contribution in [-0.2, 0) is 9.53 Å². The molecule has 1 aliphatic rings. The summed E-state index contributed by atoms with van der Waals surface area (Å²) in [6, 6.07) is 6.67. The van der Waals surface area contributed by atoms with Crippen molar-refractivity contribution < 1.29 is 14.3 Å².